The number of hydrogen-bond acceptors (Lipinski definition) is 10. The summed E-state index contributed by atoms with van der Waals surface area (Å²) in [4.78, 5) is 0. The Hall–Kier alpha value is -0.130. The van der Waals surface area contributed by atoms with Crippen molar-refractivity contribution in [2.75, 3.05) is 0 Å². The van der Waals surface area contributed by atoms with Crippen LogP contribution in [0.25, 0.3) is 0 Å². The number of hydroxylamine groups is 3. The van der Waals surface area contributed by atoms with Gasteiger partial charge in [-0.15, -0.1) is 0 Å². The minimum atomic E-state index is -4.07. The first-order valence-corrected chi connectivity index (χ1v) is 12.5. The van der Waals surface area contributed by atoms with E-state index >= 15 is 0 Å². The van der Waals surface area contributed by atoms with Crippen LogP contribution >= 0.6 is 7.82 Å². The zero-order valence-electron chi connectivity index (χ0n) is 18.5. The number of hydrogen-bond donors (Lipinski definition) is 6. The number of phosphoric acid groups is 1. The average molecular weight is 441 g/mol. The molecular weight excluding hydrogens is 395 g/mol. The molecule has 0 saturated carbocycles. The van der Waals surface area contributed by atoms with Crippen LogP contribution in [0.4, 0.5) is 0 Å². The highest BCUT2D eigenvalue weighted by Crippen LogP contribution is 2.46. The predicted octanol–water partition coefficient (Wildman–Crippen LogP) is 3.25. The summed E-state index contributed by atoms with van der Waals surface area (Å²) in [6, 6.07) is 0. The number of unbranched alkanes of at least 4 members (excludes halogenated alkanes) is 6. The van der Waals surface area contributed by atoms with Crippen LogP contribution in [0.15, 0.2) is 0 Å². The molecule has 0 saturated heterocycles. The number of nitrogens with two attached hydrogens (primary N) is 3. The van der Waals surface area contributed by atoms with Crippen molar-refractivity contribution < 1.29 is 18.4 Å². The zero-order valence-corrected chi connectivity index (χ0v) is 19.4. The van der Waals surface area contributed by atoms with Crippen LogP contribution in [0.5, 0.6) is 0 Å². The van der Waals surface area contributed by atoms with E-state index in [2.05, 4.69) is 37.2 Å². The normalized spacial score (nSPS) is 17.0. The fourth-order valence-corrected chi connectivity index (χ4v) is 3.38. The summed E-state index contributed by atoms with van der Waals surface area (Å²) in [6.07, 6.45) is 9.71. The second kappa shape index (κ2) is 18.6. The Labute approximate surface area is 176 Å². The largest absolute Gasteiger partial charge is 0.524 e. The second-order valence-electron chi connectivity index (χ2n) is 7.38. The summed E-state index contributed by atoms with van der Waals surface area (Å²) >= 11 is 0. The Morgan fingerprint density at radius 2 is 0.897 bits per heavy atom. The van der Waals surface area contributed by atoms with Crippen molar-refractivity contribution in [3.63, 3.8) is 0 Å². The van der Waals surface area contributed by atoms with Crippen LogP contribution in [0.2, 0.25) is 0 Å². The molecule has 0 aliphatic rings. The second-order valence-corrected chi connectivity index (χ2v) is 8.82. The van der Waals surface area contributed by atoms with Crippen molar-refractivity contribution in [2.24, 2.45) is 17.2 Å². The Morgan fingerprint density at radius 1 is 0.621 bits per heavy atom. The van der Waals surface area contributed by atoms with E-state index in [1.54, 1.807) is 0 Å². The Kier molecular flexibility index (Phi) is 18.5. The van der Waals surface area contributed by atoms with Gasteiger partial charge in [-0.05, 0) is 19.3 Å². The number of rotatable bonds is 21. The Bertz CT molecular complexity index is 365. The fourth-order valence-electron chi connectivity index (χ4n) is 2.47. The van der Waals surface area contributed by atoms with Gasteiger partial charge < -0.3 is 17.2 Å². The molecule has 9 N–H and O–H groups in total. The van der Waals surface area contributed by atoms with Crippen molar-refractivity contribution >= 4 is 7.82 Å². The van der Waals surface area contributed by atoms with Gasteiger partial charge in [0.25, 0.3) is 0 Å². The first-order chi connectivity index (χ1) is 13.9. The van der Waals surface area contributed by atoms with Gasteiger partial charge in [-0.3, -0.25) is 0 Å². The summed E-state index contributed by atoms with van der Waals surface area (Å²) in [5, 5.41) is 0. The first-order valence-electron chi connectivity index (χ1n) is 11.1. The van der Waals surface area contributed by atoms with Crippen molar-refractivity contribution in [1.82, 2.24) is 16.4 Å². The highest BCUT2D eigenvalue weighted by Gasteiger charge is 2.31. The molecule has 176 valence electrons. The minimum absolute atomic E-state index is 0.501. The van der Waals surface area contributed by atoms with Crippen molar-refractivity contribution in [1.29, 1.82) is 0 Å². The molecule has 0 radical (unpaired) electrons. The molecule has 0 aliphatic carbocycles. The van der Waals surface area contributed by atoms with E-state index in [1.165, 1.54) is 0 Å². The summed E-state index contributed by atoms with van der Waals surface area (Å²) in [7, 11) is -4.07. The van der Waals surface area contributed by atoms with Gasteiger partial charge in [0.2, 0.25) is 0 Å². The number of nitrogens with one attached hydrogen (secondary N) is 3. The van der Waals surface area contributed by atoms with Crippen molar-refractivity contribution in [3.8, 4) is 0 Å². The standard InChI is InChI=1S/C18H45N6O4P/c1-4-7-10-13-16(19)22-26-29(25,27-23-17(20)14-11-8-5-2)28-24-18(21)15-12-9-6-3/h16-18,22-24H,4-15,19-21H2,1-3H3. The van der Waals surface area contributed by atoms with Gasteiger partial charge in [0, 0.05) is 0 Å². The smallest absolute Gasteiger partial charge is 0.314 e. The highest BCUT2D eigenvalue weighted by molar-refractivity contribution is 7.48. The lowest BCUT2D eigenvalue weighted by Crippen LogP contribution is -2.42. The van der Waals surface area contributed by atoms with Crippen LogP contribution in [0.1, 0.15) is 97.8 Å². The van der Waals surface area contributed by atoms with Crippen LogP contribution in [0, 0.1) is 0 Å². The molecule has 0 amide bonds. The molecule has 0 aromatic carbocycles. The maximum absolute atomic E-state index is 12.9. The predicted molar refractivity (Wildman–Crippen MR) is 117 cm³/mol. The third-order valence-electron chi connectivity index (χ3n) is 4.30. The molecule has 0 aromatic rings. The lowest BCUT2D eigenvalue weighted by atomic mass is 10.2. The average Bonchev–Trinajstić information content (AvgIpc) is 2.70. The monoisotopic (exact) mass is 440 g/mol. The molecule has 0 bridgehead atoms. The van der Waals surface area contributed by atoms with Gasteiger partial charge >= 0.3 is 7.82 Å². The quantitative estimate of drug-likeness (QED) is 0.0677. The van der Waals surface area contributed by atoms with E-state index in [4.69, 9.17) is 31.1 Å². The SMILES string of the molecule is CCCCCC(N)NOP(=O)(ONC(N)CCCCC)ONC(N)CCCCC. The molecular formula is C18H45N6O4P. The van der Waals surface area contributed by atoms with Crippen molar-refractivity contribution in [2.45, 2.75) is 116 Å². The molecule has 0 rings (SSSR count). The molecule has 29 heavy (non-hydrogen) atoms. The van der Waals surface area contributed by atoms with Gasteiger partial charge in [0.15, 0.2) is 0 Å². The van der Waals surface area contributed by atoms with E-state index in [0.29, 0.717) is 19.3 Å². The Balaban J connectivity index is 4.56. The summed E-state index contributed by atoms with van der Waals surface area (Å²) < 4.78 is 28.4. The summed E-state index contributed by atoms with van der Waals surface area (Å²) in [6.45, 7) is 6.32. The summed E-state index contributed by atoms with van der Waals surface area (Å²) in [5.74, 6) is 0. The zero-order chi connectivity index (χ0) is 22.0. The highest BCUT2D eigenvalue weighted by atomic mass is 31.2. The molecule has 3 atom stereocenters. The van der Waals surface area contributed by atoms with Crippen LogP contribution in [-0.4, -0.2) is 18.5 Å². The van der Waals surface area contributed by atoms with E-state index < -0.39 is 26.3 Å². The molecule has 0 fully saturated rings. The van der Waals surface area contributed by atoms with Gasteiger partial charge in [-0.1, -0.05) is 78.6 Å². The van der Waals surface area contributed by atoms with Crippen LogP contribution in [-0.2, 0) is 18.4 Å². The summed E-state index contributed by atoms with van der Waals surface area (Å²) in [5.41, 5.74) is 25.4. The maximum Gasteiger partial charge on any atom is 0.524 e. The van der Waals surface area contributed by atoms with E-state index in [-0.39, 0.29) is 0 Å². The maximum atomic E-state index is 12.9. The van der Waals surface area contributed by atoms with E-state index in [9.17, 15) is 4.57 Å². The first kappa shape index (κ1) is 28.9. The van der Waals surface area contributed by atoms with Crippen LogP contribution < -0.4 is 33.6 Å². The lowest BCUT2D eigenvalue weighted by molar-refractivity contribution is -0.00988. The molecule has 0 spiro atoms. The molecule has 0 aromatic heterocycles. The van der Waals surface area contributed by atoms with Crippen molar-refractivity contribution in [3.05, 3.63) is 0 Å². The van der Waals surface area contributed by atoms with Crippen LogP contribution in [0.3, 0.4) is 0 Å². The molecule has 0 aliphatic heterocycles. The third kappa shape index (κ3) is 17.3. The minimum Gasteiger partial charge on any atom is -0.314 e. The molecule has 10 nitrogen and oxygen atoms in total. The van der Waals surface area contributed by atoms with E-state index in [0.717, 1.165) is 57.8 Å². The van der Waals surface area contributed by atoms with Gasteiger partial charge in [-0.2, -0.15) is 30.3 Å². The molecule has 11 heteroatoms. The van der Waals surface area contributed by atoms with Gasteiger partial charge in [0.1, 0.15) is 0 Å². The fraction of sp³-hybridized carbons (Fsp3) is 1.00. The van der Waals surface area contributed by atoms with Gasteiger partial charge in [-0.25, -0.2) is 4.57 Å². The molecule has 3 unspecified atom stereocenters. The van der Waals surface area contributed by atoms with Gasteiger partial charge in [0.05, 0.1) is 18.5 Å². The topological polar surface area (TPSA) is 159 Å². The molecule has 0 heterocycles. The lowest BCUT2D eigenvalue weighted by Gasteiger charge is -2.23. The van der Waals surface area contributed by atoms with E-state index in [1.807, 2.05) is 0 Å². The third-order valence-corrected chi connectivity index (χ3v) is 5.29. The Morgan fingerprint density at radius 3 is 1.14 bits per heavy atom.